The van der Waals surface area contributed by atoms with Gasteiger partial charge in [0, 0.05) is 20.1 Å². The van der Waals surface area contributed by atoms with Gasteiger partial charge >= 0.3 is 5.97 Å². The van der Waals surface area contributed by atoms with Gasteiger partial charge in [-0.15, -0.1) is 0 Å². The van der Waals surface area contributed by atoms with Crippen LogP contribution in [0.1, 0.15) is 42.2 Å². The summed E-state index contributed by atoms with van der Waals surface area (Å²) in [6.07, 6.45) is 1.34. The van der Waals surface area contributed by atoms with E-state index in [9.17, 15) is 22.8 Å². The Balaban J connectivity index is 1.48. The molecule has 37 heavy (non-hydrogen) atoms. The number of nitrogens with zero attached hydrogens (tertiary/aromatic N) is 3. The van der Waals surface area contributed by atoms with E-state index in [1.54, 1.807) is 42.9 Å². The van der Waals surface area contributed by atoms with Crippen molar-refractivity contribution < 1.29 is 22.7 Å². The lowest BCUT2D eigenvalue weighted by Crippen LogP contribution is -2.35. The number of piperidine rings is 1. The lowest BCUT2D eigenvalue weighted by atomic mass is 10.2. The molecule has 0 spiro atoms. The van der Waals surface area contributed by atoms with Gasteiger partial charge in [-0.25, -0.2) is 17.9 Å². The maximum absolute atomic E-state index is 13.0. The number of hydrogen-bond donors (Lipinski definition) is 1. The quantitative estimate of drug-likeness (QED) is 0.473. The molecule has 0 unspecified atom stereocenters. The highest BCUT2D eigenvalue weighted by atomic mass is 32.2. The van der Waals surface area contributed by atoms with Crippen LogP contribution in [0.2, 0.25) is 0 Å². The molecule has 1 fully saturated rings. The Labute approximate surface area is 215 Å². The number of carbonyl (C=O) groups is 2. The Kier molecular flexibility index (Phi) is 7.65. The van der Waals surface area contributed by atoms with E-state index in [4.69, 9.17) is 4.74 Å². The number of benzene rings is 2. The number of amides is 1. The molecule has 1 aromatic heterocycles. The van der Waals surface area contributed by atoms with Crippen molar-refractivity contribution >= 4 is 27.6 Å². The summed E-state index contributed by atoms with van der Waals surface area (Å²) in [7, 11) is -2.03. The fourth-order valence-electron chi connectivity index (χ4n) is 4.26. The molecule has 0 bridgehead atoms. The van der Waals surface area contributed by atoms with Crippen molar-refractivity contribution in [2.45, 2.75) is 44.1 Å². The van der Waals surface area contributed by atoms with Crippen molar-refractivity contribution in [2.75, 3.05) is 18.4 Å². The third-order valence-electron chi connectivity index (χ3n) is 6.48. The summed E-state index contributed by atoms with van der Waals surface area (Å²) < 4.78 is 35.7. The van der Waals surface area contributed by atoms with E-state index in [2.05, 4.69) is 5.32 Å². The first kappa shape index (κ1) is 26.4. The molecule has 3 aromatic rings. The summed E-state index contributed by atoms with van der Waals surface area (Å²) >= 11 is 0. The van der Waals surface area contributed by atoms with E-state index in [1.807, 2.05) is 6.07 Å². The van der Waals surface area contributed by atoms with Crippen LogP contribution in [-0.2, 0) is 26.6 Å². The summed E-state index contributed by atoms with van der Waals surface area (Å²) in [5, 5.41) is 2.57. The number of anilines is 1. The number of hydrogen-bond acceptors (Lipinski definition) is 6. The van der Waals surface area contributed by atoms with E-state index >= 15 is 0 Å². The summed E-state index contributed by atoms with van der Waals surface area (Å²) in [6, 6.07) is 14.6. The Hall–Kier alpha value is -3.70. The van der Waals surface area contributed by atoms with Gasteiger partial charge in [-0.2, -0.15) is 4.31 Å². The maximum Gasteiger partial charge on any atom is 0.338 e. The molecule has 1 aliphatic heterocycles. The summed E-state index contributed by atoms with van der Waals surface area (Å²) in [4.78, 5) is 38.6. The molecule has 1 N–H and O–H groups in total. The van der Waals surface area contributed by atoms with E-state index < -0.39 is 33.6 Å². The molecule has 0 radical (unpaired) electrons. The molecule has 11 heteroatoms. The molecule has 1 atom stereocenters. The van der Waals surface area contributed by atoms with Crippen LogP contribution in [0.3, 0.4) is 0 Å². The van der Waals surface area contributed by atoms with Crippen molar-refractivity contribution in [1.82, 2.24) is 13.7 Å². The van der Waals surface area contributed by atoms with Gasteiger partial charge in [-0.05, 0) is 57.0 Å². The SMILES string of the molecule is Cc1c(NC(=O)[C@@H](C)OC(=O)c2cccc(S(=O)(=O)N3CCCCC3)c2)c(=O)n(-c2ccccc2)n1C. The van der Waals surface area contributed by atoms with Gasteiger partial charge in [-0.3, -0.25) is 14.3 Å². The molecule has 196 valence electrons. The molecule has 2 aromatic carbocycles. The number of carbonyl (C=O) groups excluding carboxylic acids is 2. The molecule has 1 amide bonds. The molecule has 0 saturated carbocycles. The number of sulfonamides is 1. The number of nitrogens with one attached hydrogen (secondary N) is 1. The summed E-state index contributed by atoms with van der Waals surface area (Å²) in [6.45, 7) is 3.97. The predicted octanol–water partition coefficient (Wildman–Crippen LogP) is 2.84. The second-order valence-electron chi connectivity index (χ2n) is 8.97. The first-order chi connectivity index (χ1) is 17.6. The van der Waals surface area contributed by atoms with E-state index in [1.165, 1.54) is 40.2 Å². The van der Waals surface area contributed by atoms with Gasteiger partial charge in [0.25, 0.3) is 11.5 Å². The number of esters is 1. The summed E-state index contributed by atoms with van der Waals surface area (Å²) in [5.74, 6) is -1.53. The third-order valence-corrected chi connectivity index (χ3v) is 8.37. The minimum atomic E-state index is -3.73. The molecular formula is C26H30N4O6S. The van der Waals surface area contributed by atoms with Gasteiger partial charge < -0.3 is 10.1 Å². The predicted molar refractivity (Wildman–Crippen MR) is 138 cm³/mol. The van der Waals surface area contributed by atoms with Crippen molar-refractivity contribution in [3.05, 3.63) is 76.2 Å². The number of para-hydroxylation sites is 1. The van der Waals surface area contributed by atoms with Crippen LogP contribution in [0.4, 0.5) is 5.69 Å². The van der Waals surface area contributed by atoms with Gasteiger partial charge in [0.15, 0.2) is 6.10 Å². The van der Waals surface area contributed by atoms with Crippen LogP contribution in [0.15, 0.2) is 64.3 Å². The summed E-state index contributed by atoms with van der Waals surface area (Å²) in [5.41, 5.74) is 0.830. The topological polar surface area (TPSA) is 120 Å². The van der Waals surface area contributed by atoms with Crippen LogP contribution >= 0.6 is 0 Å². The fraction of sp³-hybridized carbons (Fsp3) is 0.346. The number of aromatic nitrogens is 2. The van der Waals surface area contributed by atoms with Gasteiger partial charge in [-0.1, -0.05) is 30.7 Å². The highest BCUT2D eigenvalue weighted by Gasteiger charge is 2.28. The molecule has 0 aliphatic carbocycles. The molecule has 1 saturated heterocycles. The standard InChI is InChI=1S/C26H30N4O6S/c1-18-23(25(32)30(28(18)3)21-12-6-4-7-13-21)27-24(31)19(2)36-26(33)20-11-10-14-22(17-20)37(34,35)29-15-8-5-9-16-29/h4,6-7,10-14,17,19H,5,8-9,15-16H2,1-3H3,(H,27,31)/t19-/m1/s1. The molecule has 1 aliphatic rings. The first-order valence-corrected chi connectivity index (χ1v) is 13.5. The lowest BCUT2D eigenvalue weighted by molar-refractivity contribution is -0.123. The molecule has 10 nitrogen and oxygen atoms in total. The number of ether oxygens (including phenoxy) is 1. The van der Waals surface area contributed by atoms with Gasteiger partial charge in [0.2, 0.25) is 10.0 Å². The Bertz CT molecular complexity index is 1470. The van der Waals surface area contributed by atoms with Crippen LogP contribution in [0.25, 0.3) is 5.69 Å². The van der Waals surface area contributed by atoms with Crippen molar-refractivity contribution in [3.63, 3.8) is 0 Å². The Morgan fingerprint density at radius 1 is 1.00 bits per heavy atom. The lowest BCUT2D eigenvalue weighted by Gasteiger charge is -2.26. The van der Waals surface area contributed by atoms with Crippen LogP contribution in [0.5, 0.6) is 0 Å². The minimum Gasteiger partial charge on any atom is -0.449 e. The number of rotatable bonds is 7. The van der Waals surface area contributed by atoms with Gasteiger partial charge in [0.05, 0.1) is 21.8 Å². The van der Waals surface area contributed by atoms with E-state index in [0.717, 1.165) is 19.3 Å². The molecule has 2 heterocycles. The van der Waals surface area contributed by atoms with Crippen molar-refractivity contribution in [2.24, 2.45) is 7.05 Å². The minimum absolute atomic E-state index is 0.00216. The zero-order chi connectivity index (χ0) is 26.7. The van der Waals surface area contributed by atoms with E-state index in [0.29, 0.717) is 24.5 Å². The smallest absolute Gasteiger partial charge is 0.338 e. The van der Waals surface area contributed by atoms with Crippen molar-refractivity contribution in [3.8, 4) is 5.69 Å². The highest BCUT2D eigenvalue weighted by Crippen LogP contribution is 2.22. The zero-order valence-electron chi connectivity index (χ0n) is 21.0. The van der Waals surface area contributed by atoms with E-state index in [-0.39, 0.29) is 16.1 Å². The van der Waals surface area contributed by atoms with Crippen LogP contribution in [-0.4, -0.2) is 53.2 Å². The average molecular weight is 527 g/mol. The fourth-order valence-corrected chi connectivity index (χ4v) is 5.82. The van der Waals surface area contributed by atoms with Crippen LogP contribution < -0.4 is 10.9 Å². The largest absolute Gasteiger partial charge is 0.449 e. The maximum atomic E-state index is 13.0. The second kappa shape index (κ2) is 10.7. The monoisotopic (exact) mass is 526 g/mol. The first-order valence-electron chi connectivity index (χ1n) is 12.1. The molecular weight excluding hydrogens is 496 g/mol. The Morgan fingerprint density at radius 2 is 1.68 bits per heavy atom. The Morgan fingerprint density at radius 3 is 2.35 bits per heavy atom. The molecule has 4 rings (SSSR count). The second-order valence-corrected chi connectivity index (χ2v) is 10.9. The normalized spacial score (nSPS) is 15.2. The average Bonchev–Trinajstić information content (AvgIpc) is 3.12. The zero-order valence-corrected chi connectivity index (χ0v) is 21.8. The van der Waals surface area contributed by atoms with Crippen molar-refractivity contribution in [1.29, 1.82) is 0 Å². The third kappa shape index (κ3) is 5.37. The highest BCUT2D eigenvalue weighted by molar-refractivity contribution is 7.89. The van der Waals surface area contributed by atoms with Crippen LogP contribution in [0, 0.1) is 6.92 Å². The van der Waals surface area contributed by atoms with Gasteiger partial charge in [0.1, 0.15) is 5.69 Å².